The van der Waals surface area contributed by atoms with Gasteiger partial charge in [0.2, 0.25) is 5.88 Å². The van der Waals surface area contributed by atoms with Gasteiger partial charge >= 0.3 is 5.69 Å². The predicted octanol–water partition coefficient (Wildman–Crippen LogP) is 2.12. The Kier molecular flexibility index (Phi) is 4.14. The Morgan fingerprint density at radius 3 is 2.73 bits per heavy atom. The van der Waals surface area contributed by atoms with Crippen molar-refractivity contribution in [3.63, 3.8) is 0 Å². The lowest BCUT2D eigenvalue weighted by atomic mass is 9.90. The lowest BCUT2D eigenvalue weighted by molar-refractivity contribution is 0.410. The van der Waals surface area contributed by atoms with Crippen LogP contribution >= 0.6 is 11.6 Å². The Morgan fingerprint density at radius 1 is 1.12 bits per heavy atom. The molecule has 1 aliphatic rings. The highest BCUT2D eigenvalue weighted by Gasteiger charge is 2.28. The largest absolute Gasteiger partial charge is 0.494 e. The van der Waals surface area contributed by atoms with E-state index in [1.165, 1.54) is 0 Å². The highest BCUT2D eigenvalue weighted by atomic mass is 35.5. The van der Waals surface area contributed by atoms with E-state index in [4.69, 9.17) is 11.6 Å². The van der Waals surface area contributed by atoms with Crippen molar-refractivity contribution in [3.8, 4) is 11.6 Å². The smallest absolute Gasteiger partial charge is 0.335 e. The molecular weight excluding hydrogens is 354 g/mol. The van der Waals surface area contributed by atoms with Gasteiger partial charge in [0.05, 0.1) is 17.3 Å². The molecule has 1 aromatic heterocycles. The summed E-state index contributed by atoms with van der Waals surface area (Å²) < 4.78 is 1.06. The number of benzene rings is 2. The Morgan fingerprint density at radius 2 is 1.92 bits per heavy atom. The Hall–Kier alpha value is -2.83. The molecule has 1 unspecified atom stereocenters. The number of hydrogen-bond donors (Lipinski definition) is 3. The second kappa shape index (κ2) is 6.48. The second-order valence-corrected chi connectivity index (χ2v) is 6.58. The summed E-state index contributed by atoms with van der Waals surface area (Å²) in [6.45, 7) is 0.664. The Labute approximate surface area is 153 Å². The first-order valence-corrected chi connectivity index (χ1v) is 8.59. The molecule has 26 heavy (non-hydrogen) atoms. The quantitative estimate of drug-likeness (QED) is 0.645. The minimum Gasteiger partial charge on any atom is -0.494 e. The van der Waals surface area contributed by atoms with Crippen LogP contribution in [0.2, 0.25) is 5.02 Å². The average Bonchev–Trinajstić information content (AvgIpc) is 2.61. The number of aromatic amines is 1. The number of aromatic hydroxyl groups is 1. The molecule has 7 heteroatoms. The van der Waals surface area contributed by atoms with Crippen molar-refractivity contribution < 1.29 is 5.11 Å². The lowest BCUT2D eigenvalue weighted by Crippen LogP contribution is -2.38. The third kappa shape index (κ3) is 2.73. The lowest BCUT2D eigenvalue weighted by Gasteiger charge is -2.27. The summed E-state index contributed by atoms with van der Waals surface area (Å²) in [5.74, 6) is -0.393. The van der Waals surface area contributed by atoms with E-state index in [9.17, 15) is 14.7 Å². The first-order valence-electron chi connectivity index (χ1n) is 8.21. The van der Waals surface area contributed by atoms with E-state index in [0.29, 0.717) is 17.3 Å². The van der Waals surface area contributed by atoms with E-state index < -0.39 is 23.2 Å². The second-order valence-electron chi connectivity index (χ2n) is 6.15. The summed E-state index contributed by atoms with van der Waals surface area (Å²) in [4.78, 5) is 27.2. The van der Waals surface area contributed by atoms with Crippen LogP contribution in [0, 0.1) is 0 Å². The average molecular weight is 370 g/mol. The van der Waals surface area contributed by atoms with E-state index in [0.717, 1.165) is 22.1 Å². The third-order valence-corrected chi connectivity index (χ3v) is 4.82. The molecule has 2 heterocycles. The number of nitrogens with one attached hydrogen (secondary N) is 2. The van der Waals surface area contributed by atoms with Crippen LogP contribution < -0.4 is 16.6 Å². The van der Waals surface area contributed by atoms with Crippen molar-refractivity contribution in [2.45, 2.75) is 12.5 Å². The van der Waals surface area contributed by atoms with Crippen LogP contribution in [0.3, 0.4) is 0 Å². The van der Waals surface area contributed by atoms with E-state index in [1.54, 1.807) is 24.3 Å². The molecule has 0 aliphatic carbocycles. The maximum Gasteiger partial charge on any atom is 0.335 e. The van der Waals surface area contributed by atoms with Gasteiger partial charge in [0, 0.05) is 11.6 Å². The Balaban J connectivity index is 1.96. The maximum absolute atomic E-state index is 12.5. The number of fused-ring (bicyclic) bond motifs is 1. The minimum atomic E-state index is -0.720. The fourth-order valence-corrected chi connectivity index (χ4v) is 3.60. The van der Waals surface area contributed by atoms with Crippen LogP contribution in [0.15, 0.2) is 58.1 Å². The molecule has 1 atom stereocenters. The van der Waals surface area contributed by atoms with Crippen molar-refractivity contribution in [1.82, 2.24) is 14.9 Å². The van der Waals surface area contributed by atoms with Crippen LogP contribution in [0.1, 0.15) is 22.7 Å². The van der Waals surface area contributed by atoms with Gasteiger partial charge in [-0.2, -0.15) is 0 Å². The highest BCUT2D eigenvalue weighted by molar-refractivity contribution is 6.30. The summed E-state index contributed by atoms with van der Waals surface area (Å²) in [6, 6.07) is 13.8. The van der Waals surface area contributed by atoms with Gasteiger partial charge in [-0.1, -0.05) is 41.9 Å². The van der Waals surface area contributed by atoms with Gasteiger partial charge in [0.15, 0.2) is 0 Å². The van der Waals surface area contributed by atoms with Crippen LogP contribution in [-0.2, 0) is 6.42 Å². The first-order chi connectivity index (χ1) is 12.6. The van der Waals surface area contributed by atoms with Crippen molar-refractivity contribution in [3.05, 3.63) is 91.1 Å². The summed E-state index contributed by atoms with van der Waals surface area (Å²) in [5, 5.41) is 14.5. The standard InChI is InChI=1S/C19H16ClN3O3/c20-12-5-3-6-13(10-12)23-18(25)15(17(24)22-19(23)26)16-14-7-2-1-4-11(14)8-9-21-16/h1-7,10,16,21,25H,8-9H2,(H,22,24,26). The fourth-order valence-electron chi connectivity index (χ4n) is 3.42. The number of rotatable bonds is 2. The molecule has 1 aliphatic heterocycles. The number of halogens is 1. The summed E-state index contributed by atoms with van der Waals surface area (Å²) in [7, 11) is 0. The molecule has 0 bridgehead atoms. The van der Waals surface area contributed by atoms with Crippen molar-refractivity contribution in [2.75, 3.05) is 6.54 Å². The summed E-state index contributed by atoms with van der Waals surface area (Å²) in [5.41, 5.74) is 1.17. The van der Waals surface area contributed by atoms with E-state index in [2.05, 4.69) is 10.3 Å². The maximum atomic E-state index is 12.5. The van der Waals surface area contributed by atoms with Gasteiger partial charge in [-0.25, -0.2) is 9.36 Å². The number of hydrogen-bond acceptors (Lipinski definition) is 4. The van der Waals surface area contributed by atoms with Gasteiger partial charge in [-0.05, 0) is 35.7 Å². The third-order valence-electron chi connectivity index (χ3n) is 4.58. The number of H-pyrrole nitrogens is 1. The molecule has 0 radical (unpaired) electrons. The molecule has 6 nitrogen and oxygen atoms in total. The monoisotopic (exact) mass is 369 g/mol. The van der Waals surface area contributed by atoms with Crippen LogP contribution in [0.25, 0.3) is 5.69 Å². The van der Waals surface area contributed by atoms with Gasteiger partial charge < -0.3 is 10.4 Å². The fraction of sp³-hybridized carbons (Fsp3) is 0.158. The number of nitrogens with zero attached hydrogens (tertiary/aromatic N) is 1. The topological polar surface area (TPSA) is 87.1 Å². The molecule has 3 aromatic rings. The molecular formula is C19H16ClN3O3. The van der Waals surface area contributed by atoms with E-state index in [1.807, 2.05) is 24.3 Å². The molecule has 132 valence electrons. The molecule has 0 amide bonds. The summed E-state index contributed by atoms with van der Waals surface area (Å²) >= 11 is 6.00. The SMILES string of the molecule is O=c1[nH]c(=O)n(-c2cccc(Cl)c2)c(O)c1C1NCCc2ccccc21. The Bertz CT molecular complexity index is 1100. The predicted molar refractivity (Wildman–Crippen MR) is 99.3 cm³/mol. The van der Waals surface area contributed by atoms with Gasteiger partial charge in [0.25, 0.3) is 5.56 Å². The van der Waals surface area contributed by atoms with Crippen molar-refractivity contribution in [1.29, 1.82) is 0 Å². The van der Waals surface area contributed by atoms with E-state index in [-0.39, 0.29) is 5.56 Å². The molecule has 3 N–H and O–H groups in total. The zero-order chi connectivity index (χ0) is 18.3. The molecule has 0 spiro atoms. The zero-order valence-corrected chi connectivity index (χ0v) is 14.5. The van der Waals surface area contributed by atoms with Gasteiger partial charge in [-0.3, -0.25) is 9.78 Å². The first kappa shape index (κ1) is 16.6. The van der Waals surface area contributed by atoms with Crippen molar-refractivity contribution >= 4 is 11.6 Å². The van der Waals surface area contributed by atoms with Crippen LogP contribution in [-0.4, -0.2) is 21.2 Å². The van der Waals surface area contributed by atoms with Crippen LogP contribution in [0.4, 0.5) is 0 Å². The highest BCUT2D eigenvalue weighted by Crippen LogP contribution is 2.31. The van der Waals surface area contributed by atoms with Gasteiger partial charge in [0.1, 0.15) is 0 Å². The molecule has 0 fully saturated rings. The van der Waals surface area contributed by atoms with E-state index >= 15 is 0 Å². The van der Waals surface area contributed by atoms with Crippen LogP contribution in [0.5, 0.6) is 5.88 Å². The minimum absolute atomic E-state index is 0.108. The summed E-state index contributed by atoms with van der Waals surface area (Å²) in [6.07, 6.45) is 0.833. The molecule has 0 saturated heterocycles. The normalized spacial score (nSPS) is 16.3. The van der Waals surface area contributed by atoms with Gasteiger partial charge in [-0.15, -0.1) is 0 Å². The van der Waals surface area contributed by atoms with Crippen molar-refractivity contribution in [2.24, 2.45) is 0 Å². The zero-order valence-electron chi connectivity index (χ0n) is 13.7. The number of aromatic nitrogens is 2. The molecule has 2 aromatic carbocycles. The molecule has 4 rings (SSSR count). The molecule has 0 saturated carbocycles.